The highest BCUT2D eigenvalue weighted by atomic mass is 32.1. The molecule has 1 N–H and O–H groups in total. The minimum Gasteiger partial charge on any atom is -0.503 e. The number of aromatic nitrogens is 3. The van der Waals surface area contributed by atoms with Crippen molar-refractivity contribution in [1.82, 2.24) is 19.9 Å². The van der Waals surface area contributed by atoms with Crippen LogP contribution in [0.15, 0.2) is 60.3 Å². The molecule has 0 saturated carbocycles. The van der Waals surface area contributed by atoms with Gasteiger partial charge in [-0.1, -0.05) is 12.1 Å². The van der Waals surface area contributed by atoms with E-state index in [4.69, 9.17) is 0 Å². The van der Waals surface area contributed by atoms with E-state index in [1.54, 1.807) is 49.8 Å². The number of hydrogen-bond acceptors (Lipinski definition) is 7. The third-order valence-electron chi connectivity index (χ3n) is 4.72. The molecule has 146 valence electrons. The molecule has 1 atom stereocenters. The van der Waals surface area contributed by atoms with Crippen molar-refractivity contribution in [3.8, 4) is 0 Å². The van der Waals surface area contributed by atoms with E-state index in [-0.39, 0.29) is 12.1 Å². The van der Waals surface area contributed by atoms with Gasteiger partial charge >= 0.3 is 0 Å². The van der Waals surface area contributed by atoms with Crippen molar-refractivity contribution in [2.24, 2.45) is 0 Å². The lowest BCUT2D eigenvalue weighted by atomic mass is 9.96. The second-order valence-electron chi connectivity index (χ2n) is 6.68. The lowest BCUT2D eigenvalue weighted by molar-refractivity contribution is -0.130. The van der Waals surface area contributed by atoms with Crippen molar-refractivity contribution < 1.29 is 14.7 Å². The minimum absolute atomic E-state index is 0.0469. The number of pyridine rings is 2. The van der Waals surface area contributed by atoms with Crippen LogP contribution in [0.2, 0.25) is 0 Å². The number of amides is 1. The molecule has 1 aliphatic heterocycles. The van der Waals surface area contributed by atoms with E-state index in [2.05, 4.69) is 15.0 Å². The number of nitrogens with zero attached hydrogens (tertiary/aromatic N) is 4. The molecular formula is C21H18N4O3S. The Labute approximate surface area is 171 Å². The number of aliphatic hydroxyl groups is 1. The SMILES string of the molecule is Cc1nc(C)c(C(=O)C2=C(O)C(=O)N(Cc3ccccn3)C2c2cccnc2)s1. The molecule has 3 aromatic rings. The van der Waals surface area contributed by atoms with Gasteiger partial charge in [-0.3, -0.25) is 19.6 Å². The topological polar surface area (TPSA) is 96.3 Å². The Balaban J connectivity index is 1.81. The predicted octanol–water partition coefficient (Wildman–Crippen LogP) is 3.33. The molecule has 1 aliphatic rings. The number of ketones is 1. The van der Waals surface area contributed by atoms with E-state index in [0.717, 1.165) is 5.01 Å². The fourth-order valence-electron chi connectivity index (χ4n) is 3.46. The van der Waals surface area contributed by atoms with Crippen molar-refractivity contribution >= 4 is 23.0 Å². The van der Waals surface area contributed by atoms with Crippen LogP contribution in [0.5, 0.6) is 0 Å². The molecule has 1 unspecified atom stereocenters. The third kappa shape index (κ3) is 3.42. The van der Waals surface area contributed by atoms with Gasteiger partial charge in [0.1, 0.15) is 0 Å². The summed E-state index contributed by atoms with van der Waals surface area (Å²) in [5.74, 6) is -1.53. The van der Waals surface area contributed by atoms with E-state index in [1.165, 1.54) is 16.2 Å². The van der Waals surface area contributed by atoms with Crippen molar-refractivity contribution in [3.05, 3.63) is 87.1 Å². The summed E-state index contributed by atoms with van der Waals surface area (Å²) in [5.41, 5.74) is 1.92. The first-order valence-corrected chi connectivity index (χ1v) is 9.81. The van der Waals surface area contributed by atoms with Gasteiger partial charge in [-0.2, -0.15) is 0 Å². The lowest BCUT2D eigenvalue weighted by Crippen LogP contribution is -2.31. The number of aliphatic hydroxyl groups excluding tert-OH is 1. The van der Waals surface area contributed by atoms with Gasteiger partial charge in [0.05, 0.1) is 39.4 Å². The summed E-state index contributed by atoms with van der Waals surface area (Å²) in [6, 6.07) is 8.16. The fourth-order valence-corrected chi connectivity index (χ4v) is 4.34. The molecular weight excluding hydrogens is 388 g/mol. The third-order valence-corrected chi connectivity index (χ3v) is 5.79. The maximum absolute atomic E-state index is 13.4. The molecule has 0 radical (unpaired) electrons. The van der Waals surface area contributed by atoms with Gasteiger partial charge < -0.3 is 10.0 Å². The first-order chi connectivity index (χ1) is 14.0. The first-order valence-electron chi connectivity index (χ1n) is 9.00. The quantitative estimate of drug-likeness (QED) is 0.653. The largest absolute Gasteiger partial charge is 0.503 e. The van der Waals surface area contributed by atoms with Gasteiger partial charge in [-0.15, -0.1) is 11.3 Å². The van der Waals surface area contributed by atoms with Gasteiger partial charge in [0.25, 0.3) is 5.91 Å². The molecule has 4 rings (SSSR count). The van der Waals surface area contributed by atoms with Crippen LogP contribution in [0.25, 0.3) is 0 Å². The molecule has 7 nitrogen and oxygen atoms in total. The minimum atomic E-state index is -0.757. The van der Waals surface area contributed by atoms with Crippen LogP contribution in [0.3, 0.4) is 0 Å². The molecule has 0 fully saturated rings. The average molecular weight is 406 g/mol. The van der Waals surface area contributed by atoms with Gasteiger partial charge in [0.15, 0.2) is 5.76 Å². The number of carbonyl (C=O) groups excluding carboxylic acids is 2. The van der Waals surface area contributed by atoms with Gasteiger partial charge in [-0.05, 0) is 37.6 Å². The molecule has 0 bridgehead atoms. The maximum atomic E-state index is 13.4. The molecule has 0 aliphatic carbocycles. The second-order valence-corrected chi connectivity index (χ2v) is 7.89. The number of rotatable bonds is 5. The normalized spacial score (nSPS) is 16.6. The average Bonchev–Trinajstić information content (AvgIpc) is 3.19. The van der Waals surface area contributed by atoms with E-state index < -0.39 is 23.5 Å². The zero-order valence-corrected chi connectivity index (χ0v) is 16.7. The lowest BCUT2D eigenvalue weighted by Gasteiger charge is -2.26. The van der Waals surface area contributed by atoms with Crippen LogP contribution in [0.1, 0.15) is 37.7 Å². The molecule has 0 aromatic carbocycles. The van der Waals surface area contributed by atoms with Crippen molar-refractivity contribution in [2.45, 2.75) is 26.4 Å². The number of thiazole rings is 1. The van der Waals surface area contributed by atoms with E-state index in [1.807, 2.05) is 13.0 Å². The van der Waals surface area contributed by atoms with E-state index in [9.17, 15) is 14.7 Å². The van der Waals surface area contributed by atoms with Crippen LogP contribution in [-0.4, -0.2) is 36.6 Å². The summed E-state index contributed by atoms with van der Waals surface area (Å²) in [6.45, 7) is 3.71. The number of carbonyl (C=O) groups is 2. The Morgan fingerprint density at radius 1 is 1.21 bits per heavy atom. The van der Waals surface area contributed by atoms with Gasteiger partial charge in [0.2, 0.25) is 5.78 Å². The summed E-state index contributed by atoms with van der Waals surface area (Å²) in [4.78, 5) is 40.9. The van der Waals surface area contributed by atoms with Gasteiger partial charge in [-0.25, -0.2) is 4.98 Å². The van der Waals surface area contributed by atoms with Crippen LogP contribution >= 0.6 is 11.3 Å². The maximum Gasteiger partial charge on any atom is 0.290 e. The van der Waals surface area contributed by atoms with Crippen LogP contribution in [0, 0.1) is 13.8 Å². The Morgan fingerprint density at radius 3 is 2.66 bits per heavy atom. The highest BCUT2D eigenvalue weighted by molar-refractivity contribution is 7.14. The Kier molecular flexibility index (Phi) is 4.94. The summed E-state index contributed by atoms with van der Waals surface area (Å²) >= 11 is 1.25. The zero-order valence-electron chi connectivity index (χ0n) is 15.9. The number of Topliss-reactive ketones (excluding diaryl/α,β-unsaturated/α-hetero) is 1. The summed E-state index contributed by atoms with van der Waals surface area (Å²) < 4.78 is 0. The molecule has 29 heavy (non-hydrogen) atoms. The smallest absolute Gasteiger partial charge is 0.290 e. The molecule has 0 spiro atoms. The van der Waals surface area contributed by atoms with Crippen LogP contribution in [-0.2, 0) is 11.3 Å². The Hall–Kier alpha value is -3.39. The zero-order chi connectivity index (χ0) is 20.5. The molecule has 0 saturated heterocycles. The van der Waals surface area contributed by atoms with Crippen LogP contribution in [0.4, 0.5) is 0 Å². The summed E-state index contributed by atoms with van der Waals surface area (Å²) in [7, 11) is 0. The Morgan fingerprint density at radius 2 is 2.03 bits per heavy atom. The van der Waals surface area contributed by atoms with Gasteiger partial charge in [0, 0.05) is 18.6 Å². The number of hydrogen-bond donors (Lipinski definition) is 1. The second kappa shape index (κ2) is 7.56. The van der Waals surface area contributed by atoms with Crippen molar-refractivity contribution in [3.63, 3.8) is 0 Å². The predicted molar refractivity (Wildman–Crippen MR) is 107 cm³/mol. The number of aryl methyl sites for hydroxylation is 2. The monoisotopic (exact) mass is 406 g/mol. The van der Waals surface area contributed by atoms with Crippen molar-refractivity contribution in [1.29, 1.82) is 0 Å². The Bertz CT molecular complexity index is 1110. The highest BCUT2D eigenvalue weighted by Gasteiger charge is 2.44. The molecule has 4 heterocycles. The van der Waals surface area contributed by atoms with E-state index >= 15 is 0 Å². The highest BCUT2D eigenvalue weighted by Crippen LogP contribution is 2.40. The molecule has 3 aromatic heterocycles. The van der Waals surface area contributed by atoms with E-state index in [0.29, 0.717) is 21.8 Å². The molecule has 1 amide bonds. The standard InChI is InChI=1S/C21H18N4O3S/c1-12-20(29-13(2)24-12)18(26)16-17(14-6-5-8-22-10-14)25(21(28)19(16)27)11-15-7-3-4-9-23-15/h3-10,17,27H,11H2,1-2H3. The van der Waals surface area contributed by atoms with Crippen LogP contribution < -0.4 is 0 Å². The fraction of sp³-hybridized carbons (Fsp3) is 0.190. The van der Waals surface area contributed by atoms with Crippen molar-refractivity contribution in [2.75, 3.05) is 0 Å². The summed E-state index contributed by atoms with van der Waals surface area (Å²) in [5, 5.41) is 11.4. The first kappa shape index (κ1) is 18.9. The molecule has 8 heteroatoms. The summed E-state index contributed by atoms with van der Waals surface area (Å²) in [6.07, 6.45) is 4.85.